The molecule has 6 aromatic rings. The average molecular weight is 697 g/mol. The van der Waals surface area contributed by atoms with Crippen LogP contribution in [0.25, 0.3) is 0 Å². The fourth-order valence-corrected chi connectivity index (χ4v) is 8.52. The molecule has 0 fully saturated rings. The standard InChI is InChI=1S/C44H48N4O4/c1-43(2,25-37(49)51-5)41-33-21-17-29(45-33)39(27-13-9-7-10-14-27)31-19-23-35(47-31)42(44(3,4)26-38(50)52-6)36-24-20-32(48-36)40(28-15-11-8-12-16-28)30-18-22-34(41)46-30/h7-24,39-42,45-48H,25-26H2,1-6H3. The first-order valence-electron chi connectivity index (χ1n) is 18.0. The lowest BCUT2D eigenvalue weighted by molar-refractivity contribution is -0.144. The second kappa shape index (κ2) is 13.9. The number of benzene rings is 2. The van der Waals surface area contributed by atoms with Crippen LogP contribution in [-0.2, 0) is 19.1 Å². The Kier molecular flexibility index (Phi) is 9.34. The number of aromatic amines is 4. The number of carbonyl (C=O) groups excluding carboxylic acids is 2. The number of esters is 2. The Labute approximate surface area is 305 Å². The Morgan fingerprint density at radius 3 is 1.00 bits per heavy atom. The van der Waals surface area contributed by atoms with Crippen molar-refractivity contribution in [2.45, 2.75) is 64.2 Å². The minimum atomic E-state index is -0.509. The number of ether oxygens (including phenoxy) is 2. The lowest BCUT2D eigenvalue weighted by Crippen LogP contribution is -2.28. The van der Waals surface area contributed by atoms with Crippen molar-refractivity contribution < 1.29 is 19.1 Å². The molecule has 2 aromatic carbocycles. The molecule has 1 aliphatic rings. The third kappa shape index (κ3) is 6.65. The predicted octanol–water partition coefficient (Wildman–Crippen LogP) is 9.12. The van der Waals surface area contributed by atoms with Crippen molar-refractivity contribution in [2.24, 2.45) is 10.8 Å². The van der Waals surface area contributed by atoms with Crippen LogP contribution < -0.4 is 0 Å². The molecule has 0 spiro atoms. The topological polar surface area (TPSA) is 116 Å². The van der Waals surface area contributed by atoms with Crippen molar-refractivity contribution in [3.63, 3.8) is 0 Å². The summed E-state index contributed by atoms with van der Waals surface area (Å²) in [5.74, 6) is -1.13. The van der Waals surface area contributed by atoms with Crippen LogP contribution in [-0.4, -0.2) is 46.1 Å². The molecule has 7 rings (SSSR count). The monoisotopic (exact) mass is 696 g/mol. The fraction of sp³-hybridized carbons (Fsp3) is 0.318. The third-order valence-corrected chi connectivity index (χ3v) is 10.9. The lowest BCUT2D eigenvalue weighted by atomic mass is 9.73. The number of nitrogens with one attached hydrogen (secondary N) is 4. The highest BCUT2D eigenvalue weighted by atomic mass is 16.5. The minimum absolute atomic E-state index is 0.133. The van der Waals surface area contributed by atoms with Crippen LogP contribution in [0.1, 0.15) is 121 Å². The molecule has 0 amide bonds. The summed E-state index contributed by atoms with van der Waals surface area (Å²) in [6.07, 6.45) is 0.480. The number of methoxy groups -OCH3 is 2. The van der Waals surface area contributed by atoms with E-state index in [0.717, 1.165) is 56.7 Å². The second-order valence-electron chi connectivity index (χ2n) is 15.5. The summed E-state index contributed by atoms with van der Waals surface area (Å²) in [5.41, 5.74) is 9.40. The minimum Gasteiger partial charge on any atom is -0.469 e. The van der Waals surface area contributed by atoms with Gasteiger partial charge in [0.1, 0.15) is 0 Å². The number of aromatic nitrogens is 4. The Bertz CT molecular complexity index is 1910. The van der Waals surface area contributed by atoms with Gasteiger partial charge in [-0.25, -0.2) is 0 Å². The quantitative estimate of drug-likeness (QED) is 0.119. The van der Waals surface area contributed by atoms with Gasteiger partial charge in [-0.3, -0.25) is 9.59 Å². The van der Waals surface area contributed by atoms with E-state index in [2.05, 4.69) is 145 Å². The maximum absolute atomic E-state index is 12.8. The van der Waals surface area contributed by atoms with Crippen LogP contribution in [0.3, 0.4) is 0 Å². The van der Waals surface area contributed by atoms with Crippen molar-refractivity contribution in [1.29, 1.82) is 0 Å². The van der Waals surface area contributed by atoms with E-state index in [0.29, 0.717) is 0 Å². The average Bonchev–Trinajstić information content (AvgIpc) is 3.96. The second-order valence-corrected chi connectivity index (χ2v) is 15.5. The van der Waals surface area contributed by atoms with Crippen LogP contribution in [0.4, 0.5) is 0 Å². The first kappa shape index (κ1) is 34.9. The zero-order chi connectivity index (χ0) is 36.6. The lowest BCUT2D eigenvalue weighted by Gasteiger charge is -2.33. The van der Waals surface area contributed by atoms with Gasteiger partial charge in [-0.1, -0.05) is 88.4 Å². The van der Waals surface area contributed by atoms with Gasteiger partial charge >= 0.3 is 11.9 Å². The largest absolute Gasteiger partial charge is 0.469 e. The third-order valence-electron chi connectivity index (χ3n) is 10.9. The highest BCUT2D eigenvalue weighted by Crippen LogP contribution is 2.47. The summed E-state index contributed by atoms with van der Waals surface area (Å²) in [7, 11) is 2.89. The number of rotatable bonds is 8. The number of carbonyl (C=O) groups is 2. The van der Waals surface area contributed by atoms with Gasteiger partial charge in [0, 0.05) is 57.4 Å². The van der Waals surface area contributed by atoms with E-state index in [1.165, 1.54) is 14.2 Å². The Hall–Kier alpha value is -5.50. The summed E-state index contributed by atoms with van der Waals surface area (Å²) in [6.45, 7) is 8.51. The molecule has 268 valence electrons. The molecule has 5 heterocycles. The molecule has 8 heteroatoms. The van der Waals surface area contributed by atoms with Crippen LogP contribution >= 0.6 is 0 Å². The van der Waals surface area contributed by atoms with Crippen LogP contribution in [0.15, 0.2) is 109 Å². The number of hydrogen-bond acceptors (Lipinski definition) is 4. The maximum Gasteiger partial charge on any atom is 0.306 e. The Balaban J connectivity index is 1.48. The summed E-state index contributed by atoms with van der Waals surface area (Å²) < 4.78 is 10.4. The van der Waals surface area contributed by atoms with E-state index in [1.54, 1.807) is 0 Å². The molecule has 0 atom stereocenters. The Morgan fingerprint density at radius 2 is 0.731 bits per heavy atom. The van der Waals surface area contributed by atoms with Crippen molar-refractivity contribution in [1.82, 2.24) is 19.9 Å². The zero-order valence-corrected chi connectivity index (χ0v) is 30.7. The molecule has 0 saturated carbocycles. The normalized spacial score (nSPS) is 18.9. The van der Waals surface area contributed by atoms with E-state index in [1.807, 2.05) is 12.1 Å². The smallest absolute Gasteiger partial charge is 0.306 e. The SMILES string of the molecule is COC(=O)CC(C)(C)C1c2ccc([nH]2)C(c2ccccc2)c2ccc([nH]2)C(C(C)(C)CC(=O)OC)c2ccc([nH]2)C(c2ccccc2)c2ccc1[nH]2. The molecule has 52 heavy (non-hydrogen) atoms. The molecule has 4 N–H and O–H groups in total. The number of fused-ring (bicyclic) bond motifs is 8. The molecule has 8 bridgehead atoms. The molecule has 0 radical (unpaired) electrons. The summed E-state index contributed by atoms with van der Waals surface area (Å²) in [4.78, 5) is 41.1. The van der Waals surface area contributed by atoms with Crippen molar-refractivity contribution in [3.8, 4) is 0 Å². The number of hydrogen-bond donors (Lipinski definition) is 4. The molecule has 0 aliphatic carbocycles. The molecule has 0 saturated heterocycles. The van der Waals surface area contributed by atoms with Crippen molar-refractivity contribution in [3.05, 3.63) is 166 Å². The maximum atomic E-state index is 12.8. The van der Waals surface area contributed by atoms with Crippen molar-refractivity contribution in [2.75, 3.05) is 14.2 Å². The van der Waals surface area contributed by atoms with Gasteiger partial charge in [0.15, 0.2) is 0 Å². The van der Waals surface area contributed by atoms with Gasteiger partial charge in [-0.15, -0.1) is 0 Å². The molecule has 4 aromatic heterocycles. The van der Waals surface area contributed by atoms with E-state index < -0.39 is 10.8 Å². The van der Waals surface area contributed by atoms with Gasteiger partial charge in [-0.2, -0.15) is 0 Å². The van der Waals surface area contributed by atoms with Gasteiger partial charge in [0.05, 0.1) is 38.9 Å². The van der Waals surface area contributed by atoms with Gasteiger partial charge in [-0.05, 0) is 70.5 Å². The van der Waals surface area contributed by atoms with E-state index in [4.69, 9.17) is 9.47 Å². The fourth-order valence-electron chi connectivity index (χ4n) is 8.52. The van der Waals surface area contributed by atoms with Gasteiger partial charge in [0.2, 0.25) is 0 Å². The highest BCUT2D eigenvalue weighted by Gasteiger charge is 2.40. The summed E-state index contributed by atoms with van der Waals surface area (Å²) in [6, 6.07) is 38.2. The summed E-state index contributed by atoms with van der Waals surface area (Å²) >= 11 is 0. The van der Waals surface area contributed by atoms with E-state index in [9.17, 15) is 9.59 Å². The van der Waals surface area contributed by atoms with Crippen LogP contribution in [0.5, 0.6) is 0 Å². The molecule has 1 aliphatic heterocycles. The van der Waals surface area contributed by atoms with Gasteiger partial charge < -0.3 is 29.4 Å². The first-order valence-corrected chi connectivity index (χ1v) is 18.0. The Morgan fingerprint density at radius 1 is 0.462 bits per heavy atom. The molecule has 0 unspecified atom stereocenters. The number of H-pyrrole nitrogens is 4. The first-order chi connectivity index (χ1) is 25.0. The zero-order valence-electron chi connectivity index (χ0n) is 30.7. The summed E-state index contributed by atoms with van der Waals surface area (Å²) in [5, 5.41) is 0. The molecule has 8 nitrogen and oxygen atoms in total. The van der Waals surface area contributed by atoms with Crippen LogP contribution in [0.2, 0.25) is 0 Å². The van der Waals surface area contributed by atoms with Crippen molar-refractivity contribution >= 4 is 11.9 Å². The van der Waals surface area contributed by atoms with E-state index in [-0.39, 0.29) is 48.5 Å². The molecular weight excluding hydrogens is 649 g/mol. The molecular formula is C44H48N4O4. The predicted molar refractivity (Wildman–Crippen MR) is 202 cm³/mol. The highest BCUT2D eigenvalue weighted by molar-refractivity contribution is 5.71. The van der Waals surface area contributed by atoms with Gasteiger partial charge in [0.25, 0.3) is 0 Å². The van der Waals surface area contributed by atoms with Crippen LogP contribution in [0, 0.1) is 10.8 Å². The van der Waals surface area contributed by atoms with E-state index >= 15 is 0 Å².